The molecule has 1 aliphatic heterocycles. The molecule has 0 radical (unpaired) electrons. The Morgan fingerprint density at radius 3 is 3.00 bits per heavy atom. The largest absolute Gasteiger partial charge is 0.349 e. The fraction of sp³-hybridized carbons (Fsp3) is 0.500. The van der Waals surface area contributed by atoms with Crippen LogP contribution in [-0.4, -0.2) is 42.0 Å². The molecular weight excluding hydrogens is 330 g/mol. The number of hydrogen-bond acceptors (Lipinski definition) is 4. The second-order valence-electron chi connectivity index (χ2n) is 6.68. The van der Waals surface area contributed by atoms with E-state index in [-0.39, 0.29) is 5.91 Å². The molecule has 0 spiro atoms. The molecule has 1 amide bonds. The molecule has 1 fully saturated rings. The summed E-state index contributed by atoms with van der Waals surface area (Å²) in [6, 6.07) is 10.8. The number of nitrogens with zero attached hydrogens (tertiary/aromatic N) is 2. The number of likely N-dealkylation sites (tertiary alicyclic amines) is 1. The standard InChI is InChI=1S/C20H27N3OS/c1-2-7-19-22-18(15-25-19)20(24)21-11-13-23-12-6-10-17(14-23)16-8-4-3-5-9-16/h3-5,8-9,15,17H,2,6-7,10-14H2,1H3,(H,21,24)/t17-/m0/s1. The molecule has 4 nitrogen and oxygen atoms in total. The number of carbonyl (C=O) groups excluding carboxylic acids is 1. The number of amides is 1. The highest BCUT2D eigenvalue weighted by atomic mass is 32.1. The Morgan fingerprint density at radius 2 is 2.20 bits per heavy atom. The van der Waals surface area contributed by atoms with Gasteiger partial charge in [-0.05, 0) is 43.7 Å². The van der Waals surface area contributed by atoms with Gasteiger partial charge < -0.3 is 10.2 Å². The molecular formula is C20H27N3OS. The molecule has 25 heavy (non-hydrogen) atoms. The maximum Gasteiger partial charge on any atom is 0.270 e. The molecule has 134 valence electrons. The number of aryl methyl sites for hydroxylation is 1. The molecule has 1 N–H and O–H groups in total. The number of carbonyl (C=O) groups is 1. The molecule has 0 bridgehead atoms. The predicted octanol–water partition coefficient (Wildman–Crippen LogP) is 3.71. The lowest BCUT2D eigenvalue weighted by atomic mass is 9.91. The van der Waals surface area contributed by atoms with Gasteiger partial charge in [-0.2, -0.15) is 0 Å². The van der Waals surface area contributed by atoms with Crippen molar-refractivity contribution in [1.82, 2.24) is 15.2 Å². The van der Waals surface area contributed by atoms with Gasteiger partial charge in [-0.25, -0.2) is 4.98 Å². The van der Waals surface area contributed by atoms with Gasteiger partial charge in [-0.15, -0.1) is 11.3 Å². The van der Waals surface area contributed by atoms with Crippen LogP contribution in [0.4, 0.5) is 0 Å². The maximum atomic E-state index is 12.2. The van der Waals surface area contributed by atoms with Gasteiger partial charge in [0, 0.05) is 25.0 Å². The fourth-order valence-electron chi connectivity index (χ4n) is 3.42. The third-order valence-corrected chi connectivity index (χ3v) is 5.65. The summed E-state index contributed by atoms with van der Waals surface area (Å²) in [5.74, 6) is 0.566. The molecule has 1 aromatic carbocycles. The Bertz CT molecular complexity index is 671. The van der Waals surface area contributed by atoms with Gasteiger partial charge in [0.05, 0.1) is 5.01 Å². The number of nitrogens with one attached hydrogen (secondary N) is 1. The van der Waals surface area contributed by atoms with Crippen LogP contribution in [0.25, 0.3) is 0 Å². The average molecular weight is 358 g/mol. The fourth-order valence-corrected chi connectivity index (χ4v) is 4.30. The molecule has 2 heterocycles. The lowest BCUT2D eigenvalue weighted by molar-refractivity contribution is 0.0941. The Morgan fingerprint density at radius 1 is 1.36 bits per heavy atom. The van der Waals surface area contributed by atoms with Crippen molar-refractivity contribution in [2.75, 3.05) is 26.2 Å². The number of hydrogen-bond donors (Lipinski definition) is 1. The monoisotopic (exact) mass is 357 g/mol. The third kappa shape index (κ3) is 5.13. The minimum Gasteiger partial charge on any atom is -0.349 e. The quantitative estimate of drug-likeness (QED) is 0.822. The Hall–Kier alpha value is -1.72. The van der Waals surface area contributed by atoms with Gasteiger partial charge in [0.1, 0.15) is 5.69 Å². The zero-order valence-corrected chi connectivity index (χ0v) is 15.7. The average Bonchev–Trinajstić information content (AvgIpc) is 3.12. The lowest BCUT2D eigenvalue weighted by Gasteiger charge is -2.33. The van der Waals surface area contributed by atoms with E-state index in [2.05, 4.69) is 52.5 Å². The summed E-state index contributed by atoms with van der Waals surface area (Å²) in [5, 5.41) is 5.94. The molecule has 1 saturated heterocycles. The van der Waals surface area contributed by atoms with Crippen LogP contribution >= 0.6 is 11.3 Å². The van der Waals surface area contributed by atoms with Crippen LogP contribution in [0.15, 0.2) is 35.7 Å². The van der Waals surface area contributed by atoms with E-state index in [1.54, 1.807) is 11.3 Å². The van der Waals surface area contributed by atoms with Crippen LogP contribution < -0.4 is 5.32 Å². The number of thiazole rings is 1. The van der Waals surface area contributed by atoms with E-state index in [4.69, 9.17) is 0 Å². The van der Waals surface area contributed by atoms with Crippen LogP contribution in [0.3, 0.4) is 0 Å². The van der Waals surface area contributed by atoms with Gasteiger partial charge in [-0.3, -0.25) is 4.79 Å². The van der Waals surface area contributed by atoms with Crippen molar-refractivity contribution in [3.63, 3.8) is 0 Å². The van der Waals surface area contributed by atoms with Crippen LogP contribution in [-0.2, 0) is 6.42 Å². The van der Waals surface area contributed by atoms with E-state index in [1.165, 1.54) is 18.4 Å². The van der Waals surface area contributed by atoms with Crippen molar-refractivity contribution in [1.29, 1.82) is 0 Å². The minimum atomic E-state index is -0.0461. The summed E-state index contributed by atoms with van der Waals surface area (Å²) < 4.78 is 0. The van der Waals surface area contributed by atoms with Crippen LogP contribution in [0.1, 0.15) is 53.2 Å². The first-order chi connectivity index (χ1) is 12.3. The highest BCUT2D eigenvalue weighted by molar-refractivity contribution is 7.09. The minimum absolute atomic E-state index is 0.0461. The molecule has 0 saturated carbocycles. The Kier molecular flexibility index (Phi) is 6.59. The molecule has 1 atom stereocenters. The van der Waals surface area contributed by atoms with E-state index in [0.29, 0.717) is 18.2 Å². The highest BCUT2D eigenvalue weighted by Crippen LogP contribution is 2.26. The van der Waals surface area contributed by atoms with Gasteiger partial charge >= 0.3 is 0 Å². The number of aromatic nitrogens is 1. The van der Waals surface area contributed by atoms with Gasteiger partial charge in [-0.1, -0.05) is 37.3 Å². The molecule has 1 aliphatic rings. The second-order valence-corrected chi connectivity index (χ2v) is 7.63. The van der Waals surface area contributed by atoms with Gasteiger partial charge in [0.2, 0.25) is 0 Å². The summed E-state index contributed by atoms with van der Waals surface area (Å²) in [6.07, 6.45) is 4.49. The zero-order chi connectivity index (χ0) is 17.5. The van der Waals surface area contributed by atoms with Crippen molar-refractivity contribution >= 4 is 17.2 Å². The van der Waals surface area contributed by atoms with Crippen molar-refractivity contribution in [2.24, 2.45) is 0 Å². The highest BCUT2D eigenvalue weighted by Gasteiger charge is 2.21. The normalized spacial score (nSPS) is 18.2. The predicted molar refractivity (Wildman–Crippen MR) is 103 cm³/mol. The molecule has 3 rings (SSSR count). The van der Waals surface area contributed by atoms with Gasteiger partial charge in [0.15, 0.2) is 0 Å². The summed E-state index contributed by atoms with van der Waals surface area (Å²) in [6.45, 7) is 5.91. The summed E-state index contributed by atoms with van der Waals surface area (Å²) >= 11 is 1.58. The smallest absolute Gasteiger partial charge is 0.270 e. The SMILES string of the molecule is CCCc1nc(C(=O)NCCN2CCC[C@H](c3ccccc3)C2)cs1. The third-order valence-electron chi connectivity index (χ3n) is 4.74. The number of rotatable bonds is 7. The second kappa shape index (κ2) is 9.11. The summed E-state index contributed by atoms with van der Waals surface area (Å²) in [5.41, 5.74) is 2.00. The molecule has 5 heteroatoms. The molecule has 0 unspecified atom stereocenters. The molecule has 0 aliphatic carbocycles. The first kappa shape index (κ1) is 18.1. The first-order valence-electron chi connectivity index (χ1n) is 9.26. The van der Waals surface area contributed by atoms with Gasteiger partial charge in [0.25, 0.3) is 5.91 Å². The maximum absolute atomic E-state index is 12.2. The van der Waals surface area contributed by atoms with Crippen LogP contribution in [0.5, 0.6) is 0 Å². The summed E-state index contributed by atoms with van der Waals surface area (Å²) in [7, 11) is 0. The molecule has 2 aromatic rings. The van der Waals surface area contributed by atoms with E-state index in [9.17, 15) is 4.79 Å². The zero-order valence-electron chi connectivity index (χ0n) is 14.9. The topological polar surface area (TPSA) is 45.2 Å². The van der Waals surface area contributed by atoms with E-state index >= 15 is 0 Å². The van der Waals surface area contributed by atoms with E-state index in [0.717, 1.165) is 37.5 Å². The van der Waals surface area contributed by atoms with Crippen LogP contribution in [0.2, 0.25) is 0 Å². The number of benzene rings is 1. The van der Waals surface area contributed by atoms with Crippen molar-refractivity contribution < 1.29 is 4.79 Å². The Labute approximate surface area is 154 Å². The van der Waals surface area contributed by atoms with E-state index in [1.807, 2.05) is 5.38 Å². The van der Waals surface area contributed by atoms with Crippen molar-refractivity contribution in [2.45, 2.75) is 38.5 Å². The lowest BCUT2D eigenvalue weighted by Crippen LogP contribution is -2.40. The van der Waals surface area contributed by atoms with Crippen LogP contribution in [0, 0.1) is 0 Å². The Balaban J connectivity index is 1.44. The van der Waals surface area contributed by atoms with E-state index < -0.39 is 0 Å². The molecule has 1 aromatic heterocycles. The van der Waals surface area contributed by atoms with Crippen molar-refractivity contribution in [3.8, 4) is 0 Å². The first-order valence-corrected chi connectivity index (χ1v) is 10.1. The van der Waals surface area contributed by atoms with Crippen molar-refractivity contribution in [3.05, 3.63) is 52.0 Å². The summed E-state index contributed by atoms with van der Waals surface area (Å²) in [4.78, 5) is 19.1. The number of piperidine rings is 1.